The van der Waals surface area contributed by atoms with Gasteiger partial charge in [0.05, 0.1) is 32.3 Å². The SMILES string of the molecule is CC1Cc2cc(/C([O-])=C3\C(=O)C(=O)N(CC[NH+]4CCOCC4)C3c3ccc(N(C)C)cc3)ccc2O1. The van der Waals surface area contributed by atoms with Gasteiger partial charge in [-0.3, -0.25) is 9.59 Å². The van der Waals surface area contributed by atoms with E-state index >= 15 is 0 Å². The van der Waals surface area contributed by atoms with Gasteiger partial charge in [-0.15, -0.1) is 0 Å². The van der Waals surface area contributed by atoms with Gasteiger partial charge in [-0.1, -0.05) is 24.0 Å². The maximum atomic E-state index is 13.8. The molecule has 0 spiro atoms. The van der Waals surface area contributed by atoms with Crippen LogP contribution < -0.4 is 19.6 Å². The maximum absolute atomic E-state index is 13.8. The third-order valence-corrected chi connectivity index (χ3v) is 7.32. The predicted molar refractivity (Wildman–Crippen MR) is 134 cm³/mol. The smallest absolute Gasteiger partial charge is 0.295 e. The molecule has 2 unspecified atom stereocenters. The highest BCUT2D eigenvalue weighted by Crippen LogP contribution is 2.40. The number of ether oxygens (including phenoxy) is 2. The molecule has 8 heteroatoms. The van der Waals surface area contributed by atoms with E-state index in [0.717, 1.165) is 35.7 Å². The fourth-order valence-corrected chi connectivity index (χ4v) is 5.31. The van der Waals surface area contributed by atoms with Gasteiger partial charge in [-0.25, -0.2) is 0 Å². The molecule has 2 fully saturated rings. The summed E-state index contributed by atoms with van der Waals surface area (Å²) in [6.45, 7) is 6.18. The van der Waals surface area contributed by atoms with Crippen molar-refractivity contribution < 1.29 is 29.1 Å². The molecule has 3 aliphatic heterocycles. The number of hydrogen-bond donors (Lipinski definition) is 1. The number of nitrogens with zero attached hydrogens (tertiary/aromatic N) is 2. The van der Waals surface area contributed by atoms with Gasteiger partial charge in [0, 0.05) is 31.8 Å². The number of quaternary nitrogens is 1. The van der Waals surface area contributed by atoms with E-state index in [1.165, 1.54) is 4.90 Å². The summed E-state index contributed by atoms with van der Waals surface area (Å²) in [7, 11) is 3.91. The number of amides is 1. The van der Waals surface area contributed by atoms with E-state index in [2.05, 4.69) is 0 Å². The van der Waals surface area contributed by atoms with E-state index < -0.39 is 23.5 Å². The second-order valence-electron chi connectivity index (χ2n) is 10.0. The van der Waals surface area contributed by atoms with Gasteiger partial charge in [0.15, 0.2) is 0 Å². The van der Waals surface area contributed by atoms with Crippen molar-refractivity contribution in [2.24, 2.45) is 0 Å². The number of carbonyl (C=O) groups is 2. The molecular formula is C28H33N3O5. The van der Waals surface area contributed by atoms with Crippen molar-refractivity contribution in [2.75, 3.05) is 58.4 Å². The molecule has 1 amide bonds. The Morgan fingerprint density at radius 3 is 2.53 bits per heavy atom. The molecule has 190 valence electrons. The van der Waals surface area contributed by atoms with Crippen molar-refractivity contribution >= 4 is 23.1 Å². The van der Waals surface area contributed by atoms with Gasteiger partial charge < -0.3 is 29.3 Å². The predicted octanol–water partition coefficient (Wildman–Crippen LogP) is 0.215. The monoisotopic (exact) mass is 491 g/mol. The van der Waals surface area contributed by atoms with Crippen molar-refractivity contribution in [3.63, 3.8) is 0 Å². The van der Waals surface area contributed by atoms with Gasteiger partial charge >= 0.3 is 0 Å². The summed E-state index contributed by atoms with van der Waals surface area (Å²) in [6.07, 6.45) is 0.761. The lowest BCUT2D eigenvalue weighted by molar-refractivity contribution is -0.907. The van der Waals surface area contributed by atoms with Gasteiger partial charge in [0.1, 0.15) is 24.9 Å². The first kappa shape index (κ1) is 24.3. The Bertz CT molecular complexity index is 1180. The fraction of sp³-hybridized carbons (Fsp3) is 0.429. The Labute approximate surface area is 211 Å². The third-order valence-electron chi connectivity index (χ3n) is 7.32. The van der Waals surface area contributed by atoms with Crippen LogP contribution in [0.5, 0.6) is 5.75 Å². The first-order valence-electron chi connectivity index (χ1n) is 12.6. The lowest BCUT2D eigenvalue weighted by Crippen LogP contribution is -3.14. The Balaban J connectivity index is 1.53. The summed E-state index contributed by atoms with van der Waals surface area (Å²) in [5.41, 5.74) is 3.16. The van der Waals surface area contributed by atoms with Crippen molar-refractivity contribution in [2.45, 2.75) is 25.5 Å². The molecule has 2 aromatic rings. The largest absolute Gasteiger partial charge is 0.872 e. The zero-order valence-electron chi connectivity index (χ0n) is 21.1. The van der Waals surface area contributed by atoms with Crippen LogP contribution in [-0.2, 0) is 20.7 Å². The summed E-state index contributed by atoms with van der Waals surface area (Å²) in [4.78, 5) is 31.5. The van der Waals surface area contributed by atoms with Crippen molar-refractivity contribution in [1.82, 2.24) is 4.90 Å². The molecule has 3 heterocycles. The number of Topliss-reactive ketones (excluding diaryl/α,β-unsaturated/α-hetero) is 1. The number of benzene rings is 2. The lowest BCUT2D eigenvalue weighted by Gasteiger charge is -2.30. The number of carbonyl (C=O) groups excluding carboxylic acids is 2. The molecule has 2 saturated heterocycles. The minimum atomic E-state index is -0.711. The molecule has 0 bridgehead atoms. The fourth-order valence-electron chi connectivity index (χ4n) is 5.31. The van der Waals surface area contributed by atoms with Gasteiger partial charge in [0.25, 0.3) is 5.91 Å². The maximum Gasteiger partial charge on any atom is 0.295 e. The van der Waals surface area contributed by atoms with Crippen LogP contribution in [0.15, 0.2) is 48.0 Å². The molecule has 5 rings (SSSR count). The van der Waals surface area contributed by atoms with Crippen LogP contribution in [0.3, 0.4) is 0 Å². The summed E-state index contributed by atoms with van der Waals surface area (Å²) >= 11 is 0. The minimum Gasteiger partial charge on any atom is -0.872 e. The normalized spacial score (nSPS) is 23.6. The average Bonchev–Trinajstić information content (AvgIpc) is 3.38. The molecular weight excluding hydrogens is 458 g/mol. The van der Waals surface area contributed by atoms with E-state index in [-0.39, 0.29) is 11.7 Å². The van der Waals surface area contributed by atoms with Crippen LogP contribution in [0.25, 0.3) is 5.76 Å². The molecule has 0 saturated carbocycles. The van der Waals surface area contributed by atoms with Gasteiger partial charge in [-0.05, 0) is 47.9 Å². The quantitative estimate of drug-likeness (QED) is 0.353. The van der Waals surface area contributed by atoms with Crippen LogP contribution in [0.1, 0.15) is 29.7 Å². The number of ketones is 1. The van der Waals surface area contributed by atoms with Crippen molar-refractivity contribution in [3.8, 4) is 5.75 Å². The molecule has 2 atom stereocenters. The van der Waals surface area contributed by atoms with Crippen LogP contribution >= 0.6 is 0 Å². The summed E-state index contributed by atoms with van der Waals surface area (Å²) in [5, 5.41) is 13.8. The number of nitrogens with one attached hydrogen (secondary N) is 1. The van der Waals surface area contributed by atoms with E-state index in [4.69, 9.17) is 9.47 Å². The number of fused-ring (bicyclic) bond motifs is 1. The van der Waals surface area contributed by atoms with Crippen LogP contribution in [-0.4, -0.2) is 76.2 Å². The highest BCUT2D eigenvalue weighted by molar-refractivity contribution is 6.46. The number of rotatable bonds is 6. The van der Waals surface area contributed by atoms with Gasteiger partial charge in [0.2, 0.25) is 5.78 Å². The zero-order valence-corrected chi connectivity index (χ0v) is 21.1. The topological polar surface area (TPSA) is 86.6 Å². The molecule has 1 N–H and O–H groups in total. The number of anilines is 1. The third kappa shape index (κ3) is 4.58. The highest BCUT2D eigenvalue weighted by atomic mass is 16.5. The highest BCUT2D eigenvalue weighted by Gasteiger charge is 2.44. The number of morpholine rings is 1. The van der Waals surface area contributed by atoms with E-state index in [1.54, 1.807) is 23.1 Å². The Morgan fingerprint density at radius 1 is 1.11 bits per heavy atom. The number of likely N-dealkylation sites (tertiary alicyclic amines) is 1. The second kappa shape index (κ2) is 9.95. The molecule has 0 aromatic heterocycles. The van der Waals surface area contributed by atoms with Crippen LogP contribution in [0.4, 0.5) is 5.69 Å². The van der Waals surface area contributed by atoms with E-state index in [9.17, 15) is 14.7 Å². The minimum absolute atomic E-state index is 0.0292. The van der Waals surface area contributed by atoms with Crippen molar-refractivity contribution in [3.05, 3.63) is 64.7 Å². The first-order chi connectivity index (χ1) is 17.3. The first-order valence-corrected chi connectivity index (χ1v) is 12.6. The van der Waals surface area contributed by atoms with Gasteiger partial charge in [-0.2, -0.15) is 0 Å². The molecule has 3 aliphatic rings. The average molecular weight is 492 g/mol. The molecule has 8 nitrogen and oxygen atoms in total. The Kier molecular flexibility index (Phi) is 6.73. The Morgan fingerprint density at radius 2 is 1.83 bits per heavy atom. The Hall–Kier alpha value is -3.36. The molecule has 2 aromatic carbocycles. The number of hydrogen-bond acceptors (Lipinski definition) is 6. The van der Waals surface area contributed by atoms with E-state index in [1.807, 2.05) is 50.2 Å². The summed E-state index contributed by atoms with van der Waals surface area (Å²) in [5.74, 6) is -0.933. The summed E-state index contributed by atoms with van der Waals surface area (Å²) in [6, 6.07) is 12.3. The molecule has 0 radical (unpaired) electrons. The molecule has 36 heavy (non-hydrogen) atoms. The van der Waals surface area contributed by atoms with E-state index in [0.29, 0.717) is 38.3 Å². The van der Waals surface area contributed by atoms with Crippen LogP contribution in [0.2, 0.25) is 0 Å². The zero-order chi connectivity index (χ0) is 25.4. The molecule has 0 aliphatic carbocycles. The second-order valence-corrected chi connectivity index (χ2v) is 10.0. The van der Waals surface area contributed by atoms with Crippen molar-refractivity contribution in [1.29, 1.82) is 0 Å². The summed E-state index contributed by atoms with van der Waals surface area (Å²) < 4.78 is 11.2. The lowest BCUT2D eigenvalue weighted by atomic mass is 9.94. The standard InChI is InChI=1S/C28H33N3O5/c1-18-16-21-17-20(6-9-23(21)36-18)26(32)24-25(19-4-7-22(8-5-19)29(2)3)31(28(34)27(24)33)11-10-30-12-14-35-15-13-30/h4-9,17-18,25,32H,10-16H2,1-3H3/b26-24+. The van der Waals surface area contributed by atoms with Crippen LogP contribution in [0, 0.1) is 0 Å².